The van der Waals surface area contributed by atoms with Gasteiger partial charge in [0, 0.05) is 0 Å². The van der Waals surface area contributed by atoms with Gasteiger partial charge in [-0.15, -0.1) is 0 Å². The van der Waals surface area contributed by atoms with E-state index in [2.05, 4.69) is 0 Å². The summed E-state index contributed by atoms with van der Waals surface area (Å²) in [7, 11) is 0. The van der Waals surface area contributed by atoms with Crippen molar-refractivity contribution in [2.45, 2.75) is 0 Å². The molecule has 0 saturated heterocycles. The SMILES string of the molecule is O=S(O)O.[RbH]. The van der Waals surface area contributed by atoms with Crippen LogP contribution in [0, 0.1) is 0 Å². The second kappa shape index (κ2) is 5.88. The summed E-state index contributed by atoms with van der Waals surface area (Å²) in [5.74, 6) is 0. The van der Waals surface area contributed by atoms with E-state index in [-0.39, 0.29) is 58.2 Å². The van der Waals surface area contributed by atoms with Crippen molar-refractivity contribution in [1.29, 1.82) is 0 Å². The molecule has 0 aromatic rings. The van der Waals surface area contributed by atoms with E-state index in [0.29, 0.717) is 0 Å². The Kier molecular flexibility index (Phi) is 11.7. The molecule has 0 atom stereocenters. The third kappa shape index (κ3) is 25.1. The Morgan fingerprint density at radius 1 is 1.40 bits per heavy atom. The van der Waals surface area contributed by atoms with Crippen LogP contribution in [0.25, 0.3) is 0 Å². The zero-order valence-electron chi connectivity index (χ0n) is 1.71. The first-order chi connectivity index (χ1) is 1.73. The van der Waals surface area contributed by atoms with Crippen LogP contribution in [-0.2, 0) is 11.4 Å². The maximum atomic E-state index is 8.67. The van der Waals surface area contributed by atoms with Crippen molar-refractivity contribution in [2.75, 3.05) is 0 Å². The minimum atomic E-state index is -2.61. The third-order valence-electron chi connectivity index (χ3n) is 0. The van der Waals surface area contributed by atoms with E-state index in [1.807, 2.05) is 0 Å². The predicted octanol–water partition coefficient (Wildman–Crippen LogP) is -0.967. The number of rotatable bonds is 0. The summed E-state index contributed by atoms with van der Waals surface area (Å²) in [6, 6.07) is 0. The summed E-state index contributed by atoms with van der Waals surface area (Å²) in [6.07, 6.45) is 0. The van der Waals surface area contributed by atoms with Gasteiger partial charge in [0.05, 0.1) is 0 Å². The van der Waals surface area contributed by atoms with Gasteiger partial charge < -0.3 is 0 Å². The monoisotopic (exact) mass is 168 g/mol. The standard InChI is InChI=1S/H2O3S.Rb.H/c1-4(2)3;;/h(H2,1,2,3);;. The fourth-order valence-electron chi connectivity index (χ4n) is 0. The molecule has 0 fully saturated rings. The first kappa shape index (κ1) is 9.98. The molecule has 28 valence electrons. The molecule has 2 N–H and O–H groups in total. The summed E-state index contributed by atoms with van der Waals surface area (Å²) in [6.45, 7) is 0. The molecule has 5 heteroatoms. The first-order valence-electron chi connectivity index (χ1n) is 0.532. The fraction of sp³-hybridized carbons (Fsp3) is 0. The van der Waals surface area contributed by atoms with Crippen LogP contribution in [0.15, 0.2) is 0 Å². The van der Waals surface area contributed by atoms with E-state index in [0.717, 1.165) is 0 Å². The molecule has 5 heavy (non-hydrogen) atoms. The first-order valence-corrected chi connectivity index (χ1v) is 1.60. The van der Waals surface area contributed by atoms with E-state index in [1.54, 1.807) is 0 Å². The molecule has 0 unspecified atom stereocenters. The molecule has 0 rings (SSSR count). The zero-order chi connectivity index (χ0) is 3.58. The Morgan fingerprint density at radius 2 is 1.40 bits per heavy atom. The molecule has 0 radical (unpaired) electrons. The van der Waals surface area contributed by atoms with Gasteiger partial charge >= 0.3 is 58.2 Å². The maximum absolute atomic E-state index is 8.67. The van der Waals surface area contributed by atoms with Crippen LogP contribution in [-0.4, -0.2) is 71.5 Å². The van der Waals surface area contributed by atoms with Crippen molar-refractivity contribution in [3.63, 3.8) is 0 Å². The minimum absolute atomic E-state index is 0. The van der Waals surface area contributed by atoms with Crippen molar-refractivity contribution in [3.05, 3.63) is 0 Å². The molecule has 0 spiro atoms. The molecule has 0 heterocycles. The average Bonchev–Trinajstić information content (AvgIpc) is 0.811. The summed E-state index contributed by atoms with van der Waals surface area (Å²) in [5, 5.41) is 0. The zero-order valence-corrected chi connectivity index (χ0v) is 2.53. The van der Waals surface area contributed by atoms with Crippen LogP contribution in [0.1, 0.15) is 0 Å². The Hall–Kier alpha value is 1.88. The van der Waals surface area contributed by atoms with E-state index in [9.17, 15) is 0 Å². The van der Waals surface area contributed by atoms with E-state index in [4.69, 9.17) is 13.3 Å². The molecule has 0 aliphatic heterocycles. The Morgan fingerprint density at radius 3 is 1.40 bits per heavy atom. The quantitative estimate of drug-likeness (QED) is 0.458. The number of hydrogen-bond donors (Lipinski definition) is 2. The van der Waals surface area contributed by atoms with Gasteiger partial charge in [0.25, 0.3) is 11.4 Å². The number of hydrogen-bond acceptors (Lipinski definition) is 1. The average molecular weight is 169 g/mol. The molecular weight excluding hydrogens is 166 g/mol. The predicted molar refractivity (Wildman–Crippen MR) is 20.5 cm³/mol. The molecule has 0 aromatic heterocycles. The van der Waals surface area contributed by atoms with Crippen molar-refractivity contribution < 1.29 is 13.3 Å². The second-order valence-electron chi connectivity index (χ2n) is 0.231. The molecular formula is H3O3RbS. The second-order valence-corrected chi connectivity index (χ2v) is 0.692. The van der Waals surface area contributed by atoms with Crippen molar-refractivity contribution in [1.82, 2.24) is 0 Å². The summed E-state index contributed by atoms with van der Waals surface area (Å²) in [4.78, 5) is 0. The van der Waals surface area contributed by atoms with Gasteiger partial charge in [-0.1, -0.05) is 0 Å². The van der Waals surface area contributed by atoms with Crippen LogP contribution in [0.3, 0.4) is 0 Å². The molecule has 0 amide bonds. The molecule has 3 nitrogen and oxygen atoms in total. The third-order valence-corrected chi connectivity index (χ3v) is 0. The summed E-state index contributed by atoms with van der Waals surface area (Å²) in [5.41, 5.74) is 0. The van der Waals surface area contributed by atoms with Crippen molar-refractivity contribution >= 4 is 69.5 Å². The van der Waals surface area contributed by atoms with Crippen molar-refractivity contribution in [2.24, 2.45) is 0 Å². The Balaban J connectivity index is 0. The molecule has 0 aliphatic rings. The molecule has 0 saturated carbocycles. The normalized spacial score (nSPS) is 7.00. The van der Waals surface area contributed by atoms with E-state index in [1.165, 1.54) is 0 Å². The van der Waals surface area contributed by atoms with Gasteiger partial charge in [0.1, 0.15) is 0 Å². The van der Waals surface area contributed by atoms with Gasteiger partial charge in [-0.25, -0.2) is 0 Å². The molecule has 0 aromatic carbocycles. The van der Waals surface area contributed by atoms with Crippen LogP contribution in [0.4, 0.5) is 0 Å². The van der Waals surface area contributed by atoms with Crippen LogP contribution in [0.2, 0.25) is 0 Å². The van der Waals surface area contributed by atoms with Crippen molar-refractivity contribution in [3.8, 4) is 0 Å². The van der Waals surface area contributed by atoms with Crippen LogP contribution in [0.5, 0.6) is 0 Å². The summed E-state index contributed by atoms with van der Waals surface area (Å²) < 4.78 is 22.8. The summed E-state index contributed by atoms with van der Waals surface area (Å²) >= 11 is -2.61. The van der Waals surface area contributed by atoms with Gasteiger partial charge in [-0.3, -0.25) is 9.11 Å². The van der Waals surface area contributed by atoms with Gasteiger partial charge in [-0.05, 0) is 0 Å². The van der Waals surface area contributed by atoms with E-state index >= 15 is 0 Å². The van der Waals surface area contributed by atoms with Gasteiger partial charge in [0.15, 0.2) is 0 Å². The topological polar surface area (TPSA) is 57.5 Å². The van der Waals surface area contributed by atoms with E-state index < -0.39 is 11.4 Å². The molecule has 0 aliphatic carbocycles. The van der Waals surface area contributed by atoms with Crippen LogP contribution < -0.4 is 0 Å². The molecule has 0 bridgehead atoms. The van der Waals surface area contributed by atoms with Crippen LogP contribution >= 0.6 is 0 Å². The van der Waals surface area contributed by atoms with Gasteiger partial charge in [-0.2, -0.15) is 4.21 Å². The fourth-order valence-corrected chi connectivity index (χ4v) is 0. The Labute approximate surface area is 81.0 Å². The Bertz CT molecular complexity index is 29.9. The van der Waals surface area contributed by atoms with Gasteiger partial charge in [0.2, 0.25) is 0 Å².